The number of carbonyl (C=O) groups is 2. The van der Waals surface area contributed by atoms with Crippen molar-refractivity contribution >= 4 is 19.7 Å². The number of nitrogens with zero attached hydrogens (tertiary/aromatic N) is 1. The zero-order valence-electron chi connectivity index (χ0n) is 50.0. The van der Waals surface area contributed by atoms with Gasteiger partial charge in [-0.25, -0.2) is 0 Å². The number of allylic oxidation sites excluding steroid dienone is 9. The van der Waals surface area contributed by atoms with Crippen LogP contribution in [0.25, 0.3) is 0 Å². The normalized spacial score (nSPS) is 14.1. The lowest BCUT2D eigenvalue weighted by Crippen LogP contribution is -2.47. The van der Waals surface area contributed by atoms with E-state index < -0.39 is 26.6 Å². The quantitative estimate of drug-likeness (QED) is 0.0161. The van der Waals surface area contributed by atoms with E-state index >= 15 is 0 Å². The van der Waals surface area contributed by atoms with Gasteiger partial charge < -0.3 is 28.5 Å². The summed E-state index contributed by atoms with van der Waals surface area (Å²) in [6.07, 6.45) is 69.2. The van der Waals surface area contributed by atoms with E-state index in [1.54, 1.807) is 0 Å². The minimum absolute atomic E-state index is 0.0263. The average Bonchev–Trinajstić information content (AvgIpc) is 3.37. The number of hydrogen-bond acceptors (Lipinski definition) is 7. The Hall–Kier alpha value is -2.29. The van der Waals surface area contributed by atoms with Gasteiger partial charge in [0, 0.05) is 12.8 Å². The van der Waals surface area contributed by atoms with Crippen LogP contribution >= 0.6 is 7.82 Å². The number of esters is 1. The first kappa shape index (κ1) is 72.7. The summed E-state index contributed by atoms with van der Waals surface area (Å²) >= 11 is 0. The van der Waals surface area contributed by atoms with E-state index in [0.29, 0.717) is 23.9 Å². The fourth-order valence-corrected chi connectivity index (χ4v) is 9.83. The average molecular weight is 1070 g/mol. The van der Waals surface area contributed by atoms with E-state index in [0.717, 1.165) is 77.0 Å². The molecule has 0 aliphatic heterocycles. The van der Waals surface area contributed by atoms with Gasteiger partial charge in [0.15, 0.2) is 0 Å². The molecule has 0 aliphatic rings. The minimum Gasteiger partial charge on any atom is -0.756 e. The highest BCUT2D eigenvalue weighted by Gasteiger charge is 2.27. The van der Waals surface area contributed by atoms with Crippen LogP contribution in [0.15, 0.2) is 60.8 Å². The van der Waals surface area contributed by atoms with E-state index in [2.05, 4.69) is 74.7 Å². The number of phosphoric ester groups is 1. The molecule has 0 saturated heterocycles. The third-order valence-electron chi connectivity index (χ3n) is 14.0. The minimum atomic E-state index is -4.70. The van der Waals surface area contributed by atoms with Crippen molar-refractivity contribution in [3.8, 4) is 0 Å². The monoisotopic (exact) mass is 1070 g/mol. The Morgan fingerprint density at radius 3 is 1.31 bits per heavy atom. The third-order valence-corrected chi connectivity index (χ3v) is 15.0. The Kier molecular flexibility index (Phi) is 53.4. The van der Waals surface area contributed by atoms with Crippen LogP contribution in [-0.4, -0.2) is 69.4 Å². The lowest BCUT2D eigenvalue weighted by atomic mass is 10.0. The summed E-state index contributed by atoms with van der Waals surface area (Å²) in [5, 5.41) is 3.02. The van der Waals surface area contributed by atoms with Crippen molar-refractivity contribution < 1.29 is 37.3 Å². The van der Waals surface area contributed by atoms with Gasteiger partial charge in [-0.3, -0.25) is 14.2 Å². The molecule has 0 aliphatic carbocycles. The maximum Gasteiger partial charge on any atom is 0.306 e. The van der Waals surface area contributed by atoms with Crippen LogP contribution in [0.5, 0.6) is 0 Å². The fraction of sp³-hybridized carbons (Fsp3) is 0.815. The Morgan fingerprint density at radius 2 is 0.867 bits per heavy atom. The Labute approximate surface area is 464 Å². The molecule has 1 amide bonds. The number of unbranched alkanes of at least 4 members (excludes halogenated alkanes) is 35. The zero-order chi connectivity index (χ0) is 55.0. The summed E-state index contributed by atoms with van der Waals surface area (Å²) in [4.78, 5) is 39.9. The second kappa shape index (κ2) is 55.0. The topological polar surface area (TPSA) is 114 Å². The first-order valence-electron chi connectivity index (χ1n) is 31.6. The second-order valence-electron chi connectivity index (χ2n) is 22.6. The van der Waals surface area contributed by atoms with Crippen molar-refractivity contribution in [2.75, 3.05) is 40.9 Å². The Balaban J connectivity index is 5.05. The molecule has 9 nitrogen and oxygen atoms in total. The van der Waals surface area contributed by atoms with Gasteiger partial charge in [-0.15, -0.1) is 0 Å². The van der Waals surface area contributed by atoms with Gasteiger partial charge in [0.05, 0.1) is 33.8 Å². The largest absolute Gasteiger partial charge is 0.756 e. The molecule has 3 unspecified atom stereocenters. The number of ether oxygens (including phenoxy) is 1. The number of likely N-dealkylation sites (N-methyl/N-ethyl adjacent to an activating group) is 1. The SMILES string of the molecule is CC/C=C/C=C/C=C\CCCCCCCC(=O)OC(/C=C\CCCCCCCCCCC)C(COP(=O)([O-])OCC[N+](C)(C)C)NC(=O)CCCCCCCCCCCCCCCCC/C=C/CCCCCCCC. The maximum absolute atomic E-state index is 13.5. The van der Waals surface area contributed by atoms with E-state index in [-0.39, 0.29) is 24.9 Å². The smallest absolute Gasteiger partial charge is 0.306 e. The van der Waals surface area contributed by atoms with Gasteiger partial charge in [0.25, 0.3) is 7.82 Å². The predicted molar refractivity (Wildman–Crippen MR) is 321 cm³/mol. The van der Waals surface area contributed by atoms with Crippen LogP contribution in [0.2, 0.25) is 0 Å². The second-order valence-corrected chi connectivity index (χ2v) is 24.0. The highest BCUT2D eigenvalue weighted by molar-refractivity contribution is 7.45. The van der Waals surface area contributed by atoms with Crippen molar-refractivity contribution in [3.63, 3.8) is 0 Å². The van der Waals surface area contributed by atoms with Crippen LogP contribution in [0.4, 0.5) is 0 Å². The molecule has 0 aromatic rings. The molecule has 0 bridgehead atoms. The molecule has 0 rings (SSSR count). The van der Waals surface area contributed by atoms with Crippen LogP contribution in [0.3, 0.4) is 0 Å². The van der Waals surface area contributed by atoms with E-state index in [4.69, 9.17) is 13.8 Å². The lowest BCUT2D eigenvalue weighted by Gasteiger charge is -2.30. The van der Waals surface area contributed by atoms with Crippen LogP contribution < -0.4 is 10.2 Å². The number of phosphoric acid groups is 1. The van der Waals surface area contributed by atoms with Gasteiger partial charge in [0.1, 0.15) is 19.3 Å². The first-order valence-corrected chi connectivity index (χ1v) is 33.1. The molecule has 0 heterocycles. The first-order chi connectivity index (χ1) is 36.4. The number of hydrogen-bond donors (Lipinski definition) is 1. The van der Waals surface area contributed by atoms with Crippen molar-refractivity contribution in [1.29, 1.82) is 0 Å². The molecular weight excluding hydrogens is 952 g/mol. The van der Waals surface area contributed by atoms with Gasteiger partial charge in [-0.05, 0) is 76.7 Å². The highest BCUT2D eigenvalue weighted by atomic mass is 31.2. The molecule has 10 heteroatoms. The summed E-state index contributed by atoms with van der Waals surface area (Å²) < 4.78 is 30.3. The molecule has 438 valence electrons. The van der Waals surface area contributed by atoms with Crippen molar-refractivity contribution in [2.45, 2.75) is 303 Å². The van der Waals surface area contributed by atoms with Crippen LogP contribution in [0.1, 0.15) is 290 Å². The highest BCUT2D eigenvalue weighted by Crippen LogP contribution is 2.38. The van der Waals surface area contributed by atoms with Crippen molar-refractivity contribution in [1.82, 2.24) is 5.32 Å². The number of nitrogens with one attached hydrogen (secondary N) is 1. The molecule has 0 spiro atoms. The number of rotatable bonds is 57. The summed E-state index contributed by atoms with van der Waals surface area (Å²) in [5.74, 6) is -0.559. The lowest BCUT2D eigenvalue weighted by molar-refractivity contribution is -0.870. The number of carbonyl (C=O) groups excluding carboxylic acids is 2. The third kappa shape index (κ3) is 56.2. The Morgan fingerprint density at radius 1 is 0.480 bits per heavy atom. The predicted octanol–water partition coefficient (Wildman–Crippen LogP) is 18.8. The summed E-state index contributed by atoms with van der Waals surface area (Å²) in [7, 11) is 1.17. The van der Waals surface area contributed by atoms with E-state index in [9.17, 15) is 19.0 Å². The molecule has 0 aromatic heterocycles. The molecule has 0 fully saturated rings. The molecule has 0 radical (unpaired) electrons. The molecule has 75 heavy (non-hydrogen) atoms. The van der Waals surface area contributed by atoms with E-state index in [1.165, 1.54) is 173 Å². The van der Waals surface area contributed by atoms with Crippen molar-refractivity contribution in [2.24, 2.45) is 0 Å². The van der Waals surface area contributed by atoms with Gasteiger partial charge in [-0.2, -0.15) is 0 Å². The Bertz CT molecular complexity index is 1470. The van der Waals surface area contributed by atoms with E-state index in [1.807, 2.05) is 33.3 Å². The molecule has 3 atom stereocenters. The van der Waals surface area contributed by atoms with Crippen LogP contribution in [0, 0.1) is 0 Å². The zero-order valence-corrected chi connectivity index (χ0v) is 50.9. The van der Waals surface area contributed by atoms with Gasteiger partial charge in [-0.1, -0.05) is 262 Å². The van der Waals surface area contributed by atoms with Gasteiger partial charge in [0.2, 0.25) is 5.91 Å². The van der Waals surface area contributed by atoms with Gasteiger partial charge >= 0.3 is 5.97 Å². The molecular formula is C65H121N2O7P. The molecule has 1 N–H and O–H groups in total. The maximum atomic E-state index is 13.5. The number of quaternary nitrogens is 1. The van der Waals surface area contributed by atoms with Crippen LogP contribution in [-0.2, 0) is 27.9 Å². The summed E-state index contributed by atoms with van der Waals surface area (Å²) in [6.45, 7) is 6.70. The standard InChI is InChI=1S/C65H121N2O7P/c1-7-10-13-16-19-22-25-27-28-29-30-31-32-33-34-35-36-37-38-40-42-45-48-51-54-57-64(68)66-62(61-73-75(70,71)72-60-59-67(4,5)6)63(56-53-50-47-44-41-24-21-18-15-12-9-3)74-65(69)58-55-52-49-46-43-39-26-23-20-17-14-11-8-2/h11,14,17,20,23,26-28,53,56,62-63H,7-10,12-13,15-16,18-19,21-22,24-25,29-52,54-55,57-61H2,1-6H3,(H-,66,68,70,71)/b14-11+,20-17+,26-23-,28-27+,56-53-. The number of amides is 1. The molecule has 0 saturated carbocycles. The van der Waals surface area contributed by atoms with Crippen molar-refractivity contribution in [3.05, 3.63) is 60.8 Å². The summed E-state index contributed by atoms with van der Waals surface area (Å²) in [5.41, 5.74) is 0. The summed E-state index contributed by atoms with van der Waals surface area (Å²) in [6, 6.07) is -0.896. The fourth-order valence-electron chi connectivity index (χ4n) is 9.11. The molecule has 0 aromatic carbocycles.